The summed E-state index contributed by atoms with van der Waals surface area (Å²) in [4.78, 5) is 14.8. The minimum atomic E-state index is -4.55. The molecule has 1 aromatic heterocycles. The molecule has 2 aliphatic rings. The molecule has 2 aliphatic heterocycles. The number of sulfone groups is 1. The Morgan fingerprint density at radius 3 is 2.24 bits per heavy atom. The van der Waals surface area contributed by atoms with Crippen molar-refractivity contribution in [2.45, 2.75) is 48.1 Å². The van der Waals surface area contributed by atoms with E-state index in [9.17, 15) is 31.5 Å². The summed E-state index contributed by atoms with van der Waals surface area (Å²) in [6.45, 7) is 2.78. The van der Waals surface area contributed by atoms with Gasteiger partial charge in [-0.2, -0.15) is 13.2 Å². The van der Waals surface area contributed by atoms with Gasteiger partial charge >= 0.3 is 6.18 Å². The fraction of sp³-hybridized carbons (Fsp3) is 0.370. The monoisotopic (exact) mass is 548 g/mol. The standard InChI is InChI=1S/C27H27F3N2O5S/c1-25(2,17-33)38(35,36)19-9-7-18(8-10-19)24(34)31-15-13-26(14-16-31)22-11-12-23(27(28,29)30)32(22)20-5-3-4-6-21(20)37-26/h3-12,33H,13-17H2,1-2H3. The average Bonchev–Trinajstić information content (AvgIpc) is 3.36. The molecular formula is C27H27F3N2O5S. The molecule has 1 spiro atoms. The molecule has 0 unspecified atom stereocenters. The smallest absolute Gasteiger partial charge is 0.431 e. The van der Waals surface area contributed by atoms with E-state index in [4.69, 9.17) is 4.74 Å². The van der Waals surface area contributed by atoms with Crippen LogP contribution >= 0.6 is 0 Å². The molecule has 1 fully saturated rings. The number of ether oxygens (including phenoxy) is 1. The van der Waals surface area contributed by atoms with Crippen molar-refractivity contribution < 1.29 is 36.2 Å². The number of hydrogen-bond donors (Lipinski definition) is 1. The maximum atomic E-state index is 13.8. The molecule has 1 saturated heterocycles. The van der Waals surface area contributed by atoms with Crippen LogP contribution in [-0.4, -0.2) is 53.3 Å². The average molecular weight is 549 g/mol. The van der Waals surface area contributed by atoms with Crippen LogP contribution in [0.1, 0.15) is 48.4 Å². The van der Waals surface area contributed by atoms with Crippen LogP contribution in [0.3, 0.4) is 0 Å². The number of nitrogens with zero attached hydrogens (tertiary/aromatic N) is 2. The van der Waals surface area contributed by atoms with E-state index in [0.717, 1.165) is 6.07 Å². The lowest BCUT2D eigenvalue weighted by molar-refractivity contribution is -0.143. The summed E-state index contributed by atoms with van der Waals surface area (Å²) in [5.74, 6) is 0.0388. The highest BCUT2D eigenvalue weighted by molar-refractivity contribution is 7.92. The summed E-state index contributed by atoms with van der Waals surface area (Å²) < 4.78 is 73.2. The highest BCUT2D eigenvalue weighted by atomic mass is 32.2. The number of aromatic nitrogens is 1. The van der Waals surface area contributed by atoms with E-state index in [-0.39, 0.29) is 36.7 Å². The van der Waals surface area contributed by atoms with Crippen molar-refractivity contribution in [1.29, 1.82) is 0 Å². The Labute approximate surface area is 218 Å². The molecule has 0 bridgehead atoms. The van der Waals surface area contributed by atoms with Gasteiger partial charge in [-0.05, 0) is 62.4 Å². The number of fused-ring (bicyclic) bond motifs is 4. The molecule has 1 N–H and O–H groups in total. The third-order valence-corrected chi connectivity index (χ3v) is 9.90. The lowest BCUT2D eigenvalue weighted by Gasteiger charge is -2.45. The molecule has 3 heterocycles. The lowest BCUT2D eigenvalue weighted by Crippen LogP contribution is -2.50. The number of aliphatic hydroxyl groups excluding tert-OH is 1. The highest BCUT2D eigenvalue weighted by Gasteiger charge is 2.48. The molecule has 1 amide bonds. The van der Waals surface area contributed by atoms with Gasteiger partial charge in [0.2, 0.25) is 0 Å². The van der Waals surface area contributed by atoms with Gasteiger partial charge in [0.15, 0.2) is 15.4 Å². The van der Waals surface area contributed by atoms with Gasteiger partial charge in [-0.25, -0.2) is 8.42 Å². The minimum absolute atomic E-state index is 0.00111. The van der Waals surface area contributed by atoms with Crippen LogP contribution in [0.25, 0.3) is 5.69 Å². The highest BCUT2D eigenvalue weighted by Crippen LogP contribution is 2.48. The summed E-state index contributed by atoms with van der Waals surface area (Å²) in [7, 11) is -3.81. The van der Waals surface area contributed by atoms with Crippen molar-refractivity contribution in [3.05, 3.63) is 77.6 Å². The van der Waals surface area contributed by atoms with Crippen molar-refractivity contribution in [3.63, 3.8) is 0 Å². The van der Waals surface area contributed by atoms with E-state index < -0.39 is 38.7 Å². The first-order valence-corrected chi connectivity index (χ1v) is 13.6. The summed E-state index contributed by atoms with van der Waals surface area (Å²) >= 11 is 0. The maximum Gasteiger partial charge on any atom is 0.431 e. The molecular weight excluding hydrogens is 521 g/mol. The molecule has 7 nitrogen and oxygen atoms in total. The summed E-state index contributed by atoms with van der Waals surface area (Å²) in [5, 5.41) is 9.46. The van der Waals surface area contributed by atoms with Gasteiger partial charge in [-0.1, -0.05) is 12.1 Å². The van der Waals surface area contributed by atoms with Gasteiger partial charge in [0.1, 0.15) is 11.4 Å². The van der Waals surface area contributed by atoms with Crippen molar-refractivity contribution in [3.8, 4) is 11.4 Å². The van der Waals surface area contributed by atoms with Gasteiger partial charge in [-0.3, -0.25) is 4.79 Å². The number of halogens is 3. The van der Waals surface area contributed by atoms with Gasteiger partial charge < -0.3 is 19.3 Å². The first-order valence-electron chi connectivity index (χ1n) is 12.1. The Balaban J connectivity index is 1.38. The van der Waals surface area contributed by atoms with E-state index in [1.807, 2.05) is 0 Å². The van der Waals surface area contributed by atoms with Crippen LogP contribution in [0.15, 0.2) is 65.6 Å². The largest absolute Gasteiger partial charge is 0.479 e. The van der Waals surface area contributed by atoms with Crippen LogP contribution in [0.2, 0.25) is 0 Å². The van der Waals surface area contributed by atoms with E-state index in [0.29, 0.717) is 22.7 Å². The predicted molar refractivity (Wildman–Crippen MR) is 133 cm³/mol. The molecule has 5 rings (SSSR count). The quantitative estimate of drug-likeness (QED) is 0.516. The van der Waals surface area contributed by atoms with Gasteiger partial charge in [0.05, 0.1) is 27.6 Å². The second kappa shape index (κ2) is 8.88. The second-order valence-corrected chi connectivity index (χ2v) is 12.8. The first-order chi connectivity index (χ1) is 17.8. The SMILES string of the molecule is CC(C)(CO)S(=O)(=O)c1ccc(C(=O)N2CCC3(CC2)Oc2ccccc2-n2c(C(F)(F)F)ccc23)cc1. The summed E-state index contributed by atoms with van der Waals surface area (Å²) in [6.07, 6.45) is -3.98. The molecule has 0 aliphatic carbocycles. The molecule has 2 aromatic carbocycles. The number of likely N-dealkylation sites (tertiary alicyclic amines) is 1. The Kier molecular flexibility index (Phi) is 6.14. The van der Waals surface area contributed by atoms with Crippen LogP contribution in [-0.2, 0) is 21.6 Å². The van der Waals surface area contributed by atoms with Crippen LogP contribution < -0.4 is 4.74 Å². The second-order valence-electron chi connectivity index (χ2n) is 10.2. The zero-order valence-electron chi connectivity index (χ0n) is 20.8. The van der Waals surface area contributed by atoms with Crippen LogP contribution in [0.4, 0.5) is 13.2 Å². The van der Waals surface area contributed by atoms with E-state index in [1.54, 1.807) is 29.2 Å². The zero-order chi connectivity index (χ0) is 27.5. The molecule has 0 atom stereocenters. The number of piperidine rings is 1. The van der Waals surface area contributed by atoms with Gasteiger partial charge in [-0.15, -0.1) is 0 Å². The van der Waals surface area contributed by atoms with Gasteiger partial charge in [0, 0.05) is 31.5 Å². The minimum Gasteiger partial charge on any atom is -0.479 e. The van der Waals surface area contributed by atoms with E-state index >= 15 is 0 Å². The number of rotatable bonds is 4. The van der Waals surface area contributed by atoms with E-state index in [2.05, 4.69) is 0 Å². The van der Waals surface area contributed by atoms with Crippen molar-refractivity contribution >= 4 is 15.7 Å². The van der Waals surface area contributed by atoms with Crippen LogP contribution in [0.5, 0.6) is 5.75 Å². The van der Waals surface area contributed by atoms with Crippen molar-refractivity contribution in [2.75, 3.05) is 19.7 Å². The molecule has 202 valence electrons. The van der Waals surface area contributed by atoms with Gasteiger partial charge in [0.25, 0.3) is 5.91 Å². The Morgan fingerprint density at radius 1 is 1.00 bits per heavy atom. The molecule has 0 radical (unpaired) electrons. The Morgan fingerprint density at radius 2 is 1.63 bits per heavy atom. The molecule has 38 heavy (non-hydrogen) atoms. The number of alkyl halides is 3. The molecule has 11 heteroatoms. The normalized spacial score (nSPS) is 17.1. The Bertz CT molecular complexity index is 1490. The number of amides is 1. The van der Waals surface area contributed by atoms with E-state index in [1.165, 1.54) is 48.7 Å². The Hall–Kier alpha value is -3.31. The fourth-order valence-electron chi connectivity index (χ4n) is 5.06. The third kappa shape index (κ3) is 4.08. The zero-order valence-corrected chi connectivity index (χ0v) is 21.6. The predicted octanol–water partition coefficient (Wildman–Crippen LogP) is 4.56. The number of carbonyl (C=O) groups excluding carboxylic acids is 1. The maximum absolute atomic E-state index is 13.8. The molecule has 3 aromatic rings. The number of para-hydroxylation sites is 2. The number of carbonyl (C=O) groups is 1. The lowest BCUT2D eigenvalue weighted by atomic mass is 9.86. The summed E-state index contributed by atoms with van der Waals surface area (Å²) in [6, 6.07) is 14.7. The topological polar surface area (TPSA) is 88.8 Å². The number of hydrogen-bond acceptors (Lipinski definition) is 5. The van der Waals surface area contributed by atoms with Crippen LogP contribution in [0, 0.1) is 0 Å². The van der Waals surface area contributed by atoms with Crippen molar-refractivity contribution in [2.24, 2.45) is 0 Å². The molecule has 0 saturated carbocycles. The van der Waals surface area contributed by atoms with Crippen molar-refractivity contribution in [1.82, 2.24) is 9.47 Å². The number of benzene rings is 2. The third-order valence-electron chi connectivity index (χ3n) is 7.43. The summed E-state index contributed by atoms with van der Waals surface area (Å²) in [5.41, 5.74) is -0.789. The first kappa shape index (κ1) is 26.3. The fourth-order valence-corrected chi connectivity index (χ4v) is 6.36. The number of aliphatic hydroxyl groups is 1.